The van der Waals surface area contributed by atoms with Gasteiger partial charge >= 0.3 is 0 Å². The van der Waals surface area contributed by atoms with Crippen LogP contribution in [0.1, 0.15) is 16.7 Å². The Morgan fingerprint density at radius 2 is 1.67 bits per heavy atom. The minimum atomic E-state index is 0.129. The fraction of sp³-hybridized carbons (Fsp3) is 0.118. The van der Waals surface area contributed by atoms with Crippen LogP contribution in [-0.2, 0) is 11.2 Å². The molecular weight excluding hydrogens is 220 g/mol. The summed E-state index contributed by atoms with van der Waals surface area (Å²) in [7, 11) is 0. The van der Waals surface area contributed by atoms with Gasteiger partial charge in [-0.25, -0.2) is 0 Å². The highest BCUT2D eigenvalue weighted by molar-refractivity contribution is 5.95. The van der Waals surface area contributed by atoms with Gasteiger partial charge in [0, 0.05) is 6.42 Å². The summed E-state index contributed by atoms with van der Waals surface area (Å²) in [6.07, 6.45) is 4.01. The highest BCUT2D eigenvalue weighted by Crippen LogP contribution is 2.09. The molecule has 0 fully saturated rings. The Balaban J connectivity index is 2.02. The van der Waals surface area contributed by atoms with Crippen molar-refractivity contribution in [2.24, 2.45) is 0 Å². The highest BCUT2D eigenvalue weighted by atomic mass is 16.1. The molecule has 0 N–H and O–H groups in total. The number of benzene rings is 2. The van der Waals surface area contributed by atoms with Crippen LogP contribution in [-0.4, -0.2) is 5.78 Å². The molecule has 0 unspecified atom stereocenters. The number of allylic oxidation sites excluding steroid dienone is 1. The molecule has 0 saturated carbocycles. The molecule has 0 aliphatic heterocycles. The quantitative estimate of drug-likeness (QED) is 0.737. The van der Waals surface area contributed by atoms with Gasteiger partial charge in [0.05, 0.1) is 0 Å². The summed E-state index contributed by atoms with van der Waals surface area (Å²) in [5.41, 5.74) is 3.33. The van der Waals surface area contributed by atoms with Gasteiger partial charge in [-0.05, 0) is 29.7 Å². The number of rotatable bonds is 4. The molecule has 0 amide bonds. The van der Waals surface area contributed by atoms with Crippen molar-refractivity contribution in [3.05, 3.63) is 77.4 Å². The minimum absolute atomic E-state index is 0.129. The molecule has 0 bridgehead atoms. The molecule has 2 aromatic rings. The first-order chi connectivity index (χ1) is 8.75. The van der Waals surface area contributed by atoms with E-state index in [4.69, 9.17) is 0 Å². The van der Waals surface area contributed by atoms with E-state index in [9.17, 15) is 4.79 Å². The van der Waals surface area contributed by atoms with Crippen molar-refractivity contribution in [3.8, 4) is 0 Å². The molecule has 0 saturated heterocycles. The van der Waals surface area contributed by atoms with Crippen molar-refractivity contribution in [2.45, 2.75) is 13.3 Å². The second-order valence-corrected chi connectivity index (χ2v) is 4.32. The van der Waals surface area contributed by atoms with Gasteiger partial charge in [-0.3, -0.25) is 4.79 Å². The van der Waals surface area contributed by atoms with Crippen LogP contribution in [0.3, 0.4) is 0 Å². The fourth-order valence-corrected chi connectivity index (χ4v) is 1.81. The molecular formula is C17H16O. The van der Waals surface area contributed by atoms with Crippen molar-refractivity contribution in [2.75, 3.05) is 0 Å². The molecule has 90 valence electrons. The molecule has 0 atom stereocenters. The maximum absolute atomic E-state index is 11.8. The molecule has 2 aromatic carbocycles. The molecule has 1 nitrogen and oxygen atoms in total. The van der Waals surface area contributed by atoms with Gasteiger partial charge in [0.25, 0.3) is 0 Å². The van der Waals surface area contributed by atoms with E-state index in [2.05, 4.69) is 0 Å². The fourth-order valence-electron chi connectivity index (χ4n) is 1.81. The van der Waals surface area contributed by atoms with Gasteiger partial charge < -0.3 is 0 Å². The largest absolute Gasteiger partial charge is 0.294 e. The van der Waals surface area contributed by atoms with Crippen molar-refractivity contribution in [3.63, 3.8) is 0 Å². The lowest BCUT2D eigenvalue weighted by Crippen LogP contribution is -1.97. The van der Waals surface area contributed by atoms with Gasteiger partial charge in [0.15, 0.2) is 5.78 Å². The predicted octanol–water partition coefficient (Wildman–Crippen LogP) is 3.82. The SMILES string of the molecule is Cc1ccccc1/C=C/C(=O)Cc1ccccc1. The van der Waals surface area contributed by atoms with Gasteiger partial charge in [-0.15, -0.1) is 0 Å². The van der Waals surface area contributed by atoms with E-state index < -0.39 is 0 Å². The Morgan fingerprint density at radius 1 is 1.00 bits per heavy atom. The van der Waals surface area contributed by atoms with E-state index in [1.807, 2.05) is 67.6 Å². The van der Waals surface area contributed by atoms with E-state index in [0.717, 1.165) is 11.1 Å². The number of aryl methyl sites for hydroxylation is 1. The molecule has 0 aliphatic carbocycles. The summed E-state index contributed by atoms with van der Waals surface area (Å²) in [4.78, 5) is 11.8. The van der Waals surface area contributed by atoms with Gasteiger partial charge in [0.2, 0.25) is 0 Å². The van der Waals surface area contributed by atoms with Crippen LogP contribution in [0.25, 0.3) is 6.08 Å². The first kappa shape index (κ1) is 12.3. The predicted molar refractivity (Wildman–Crippen MR) is 75.4 cm³/mol. The Kier molecular flexibility index (Phi) is 4.08. The average Bonchev–Trinajstić information content (AvgIpc) is 2.39. The third kappa shape index (κ3) is 3.42. The highest BCUT2D eigenvalue weighted by Gasteiger charge is 1.99. The molecule has 0 aromatic heterocycles. The smallest absolute Gasteiger partial charge is 0.160 e. The van der Waals surface area contributed by atoms with Crippen LogP contribution in [0.15, 0.2) is 60.7 Å². The first-order valence-corrected chi connectivity index (χ1v) is 6.06. The van der Waals surface area contributed by atoms with Crippen LogP contribution in [0, 0.1) is 6.92 Å². The summed E-state index contributed by atoms with van der Waals surface area (Å²) >= 11 is 0. The molecule has 0 spiro atoms. The normalized spacial score (nSPS) is 10.7. The maximum Gasteiger partial charge on any atom is 0.160 e. The zero-order valence-electron chi connectivity index (χ0n) is 10.5. The summed E-state index contributed by atoms with van der Waals surface area (Å²) in [5, 5.41) is 0. The number of carbonyl (C=O) groups is 1. The molecule has 2 rings (SSSR count). The Hall–Kier alpha value is -2.15. The molecule has 0 radical (unpaired) electrons. The summed E-state index contributed by atoms with van der Waals surface area (Å²) in [5.74, 6) is 0.129. The zero-order valence-corrected chi connectivity index (χ0v) is 10.5. The van der Waals surface area contributed by atoms with Gasteiger partial charge in [-0.1, -0.05) is 60.7 Å². The van der Waals surface area contributed by atoms with E-state index in [-0.39, 0.29) is 5.78 Å². The Bertz CT molecular complexity index is 553. The van der Waals surface area contributed by atoms with Crippen molar-refractivity contribution in [1.29, 1.82) is 0 Å². The Labute approximate surface area is 108 Å². The van der Waals surface area contributed by atoms with Gasteiger partial charge in [-0.2, -0.15) is 0 Å². The van der Waals surface area contributed by atoms with Crippen LogP contribution in [0.2, 0.25) is 0 Å². The lowest BCUT2D eigenvalue weighted by Gasteiger charge is -1.99. The van der Waals surface area contributed by atoms with E-state index in [0.29, 0.717) is 6.42 Å². The van der Waals surface area contributed by atoms with Crippen LogP contribution in [0.4, 0.5) is 0 Å². The Morgan fingerprint density at radius 3 is 2.39 bits per heavy atom. The van der Waals surface area contributed by atoms with E-state index in [1.54, 1.807) is 6.08 Å². The second-order valence-electron chi connectivity index (χ2n) is 4.32. The molecule has 18 heavy (non-hydrogen) atoms. The van der Waals surface area contributed by atoms with Crippen LogP contribution < -0.4 is 0 Å². The second kappa shape index (κ2) is 5.97. The van der Waals surface area contributed by atoms with Crippen molar-refractivity contribution >= 4 is 11.9 Å². The van der Waals surface area contributed by atoms with E-state index in [1.165, 1.54) is 5.56 Å². The number of carbonyl (C=O) groups excluding carboxylic acids is 1. The standard InChI is InChI=1S/C17H16O/c1-14-7-5-6-10-16(14)11-12-17(18)13-15-8-3-2-4-9-15/h2-12H,13H2,1H3/b12-11+. The van der Waals surface area contributed by atoms with Crippen LogP contribution >= 0.6 is 0 Å². The number of ketones is 1. The third-order valence-electron chi connectivity index (χ3n) is 2.86. The minimum Gasteiger partial charge on any atom is -0.294 e. The summed E-state index contributed by atoms with van der Waals surface area (Å²) in [6, 6.07) is 17.8. The molecule has 1 heteroatoms. The first-order valence-electron chi connectivity index (χ1n) is 6.06. The van der Waals surface area contributed by atoms with Crippen molar-refractivity contribution in [1.82, 2.24) is 0 Å². The van der Waals surface area contributed by atoms with Gasteiger partial charge in [0.1, 0.15) is 0 Å². The number of hydrogen-bond acceptors (Lipinski definition) is 1. The lowest BCUT2D eigenvalue weighted by molar-refractivity contribution is -0.113. The summed E-state index contributed by atoms with van der Waals surface area (Å²) in [6.45, 7) is 2.04. The molecule has 0 heterocycles. The summed E-state index contributed by atoms with van der Waals surface area (Å²) < 4.78 is 0. The van der Waals surface area contributed by atoms with Crippen LogP contribution in [0.5, 0.6) is 0 Å². The topological polar surface area (TPSA) is 17.1 Å². The lowest BCUT2D eigenvalue weighted by atomic mass is 10.1. The van der Waals surface area contributed by atoms with E-state index >= 15 is 0 Å². The number of hydrogen-bond donors (Lipinski definition) is 0. The maximum atomic E-state index is 11.8. The molecule has 0 aliphatic rings. The monoisotopic (exact) mass is 236 g/mol. The average molecular weight is 236 g/mol. The zero-order chi connectivity index (χ0) is 12.8. The van der Waals surface area contributed by atoms with Crippen molar-refractivity contribution < 1.29 is 4.79 Å². The third-order valence-corrected chi connectivity index (χ3v) is 2.86.